The maximum atomic E-state index is 12.1. The van der Waals surface area contributed by atoms with Crippen LogP contribution in [-0.2, 0) is 11.3 Å². The highest BCUT2D eigenvalue weighted by Gasteiger charge is 2.38. The molecule has 1 unspecified atom stereocenters. The fourth-order valence-corrected chi connectivity index (χ4v) is 3.88. The molecule has 20 heavy (non-hydrogen) atoms. The van der Waals surface area contributed by atoms with Gasteiger partial charge in [0.05, 0.1) is 15.7 Å². The third kappa shape index (κ3) is 3.59. The lowest BCUT2D eigenvalue weighted by atomic mass is 10.2. The number of nitrogens with zero attached hydrogens (tertiary/aromatic N) is 1. The molecule has 1 saturated heterocycles. The number of quaternary nitrogens is 1. The summed E-state index contributed by atoms with van der Waals surface area (Å²) in [5.41, 5.74) is 0. The number of hydrogen-bond donors (Lipinski definition) is 2. The third-order valence-corrected chi connectivity index (χ3v) is 4.84. The predicted octanol–water partition coefficient (Wildman–Crippen LogP) is 1.20. The number of hydrogen-bond acceptors (Lipinski definition) is 3. The van der Waals surface area contributed by atoms with Gasteiger partial charge in [-0.3, -0.25) is 4.79 Å². The summed E-state index contributed by atoms with van der Waals surface area (Å²) in [7, 11) is 1.99. The summed E-state index contributed by atoms with van der Waals surface area (Å²) >= 11 is 5.11. The number of nitrogens with one attached hydrogen (secondary N) is 2. The lowest BCUT2D eigenvalue weighted by Gasteiger charge is -2.18. The van der Waals surface area contributed by atoms with Gasteiger partial charge >= 0.3 is 6.03 Å². The normalized spacial score (nSPS) is 20.4. The lowest BCUT2D eigenvalue weighted by molar-refractivity contribution is -0.900. The number of carbonyl (C=O) groups excluding carboxylic acids is 2. The van der Waals surface area contributed by atoms with Gasteiger partial charge in [-0.1, -0.05) is 13.3 Å². The average molecular weight is 361 g/mol. The second-order valence-corrected chi connectivity index (χ2v) is 7.60. The van der Waals surface area contributed by atoms with Crippen LogP contribution in [0.1, 0.15) is 24.6 Å². The molecule has 5 nitrogen and oxygen atoms in total. The zero-order chi connectivity index (χ0) is 14.7. The van der Waals surface area contributed by atoms with E-state index in [1.807, 2.05) is 20.0 Å². The molecule has 2 rings (SSSR count). The van der Waals surface area contributed by atoms with E-state index >= 15 is 0 Å². The highest BCUT2D eigenvalue weighted by atomic mass is 79.9. The van der Waals surface area contributed by atoms with Gasteiger partial charge in [0, 0.05) is 0 Å². The Morgan fingerprint density at radius 1 is 1.45 bits per heavy atom. The molecule has 1 aromatic heterocycles. The monoisotopic (exact) mass is 360 g/mol. The number of carbonyl (C=O) groups is 2. The van der Waals surface area contributed by atoms with Crippen LogP contribution in [0, 0.1) is 0 Å². The summed E-state index contributed by atoms with van der Waals surface area (Å²) in [5, 5.41) is 2.75. The van der Waals surface area contributed by atoms with Crippen molar-refractivity contribution in [3.8, 4) is 0 Å². The molecule has 0 saturated carbocycles. The van der Waals surface area contributed by atoms with Crippen molar-refractivity contribution >= 4 is 39.2 Å². The zero-order valence-electron chi connectivity index (χ0n) is 11.6. The number of rotatable bonds is 6. The zero-order valence-corrected chi connectivity index (χ0v) is 14.0. The first-order valence-corrected chi connectivity index (χ1v) is 8.29. The van der Waals surface area contributed by atoms with Crippen molar-refractivity contribution < 1.29 is 14.5 Å². The molecular formula is C13H19BrN3O2S+. The van der Waals surface area contributed by atoms with Gasteiger partial charge in [-0.15, -0.1) is 11.3 Å². The molecule has 7 heteroatoms. The highest BCUT2D eigenvalue weighted by Crippen LogP contribution is 2.21. The molecule has 0 bridgehead atoms. The largest absolute Gasteiger partial charge is 0.329 e. The van der Waals surface area contributed by atoms with E-state index in [2.05, 4.69) is 27.3 Å². The van der Waals surface area contributed by atoms with Gasteiger partial charge in [-0.2, -0.15) is 0 Å². The quantitative estimate of drug-likeness (QED) is 0.749. The molecular weight excluding hydrogens is 342 g/mol. The van der Waals surface area contributed by atoms with Gasteiger partial charge in [0.1, 0.15) is 12.6 Å². The Morgan fingerprint density at radius 3 is 2.80 bits per heavy atom. The minimum Gasteiger partial charge on any atom is -0.326 e. The fraction of sp³-hybridized carbons (Fsp3) is 0.538. The average Bonchev–Trinajstić information content (AvgIpc) is 2.89. The van der Waals surface area contributed by atoms with E-state index in [-0.39, 0.29) is 18.0 Å². The number of imide groups is 1. The van der Waals surface area contributed by atoms with Gasteiger partial charge in [-0.25, -0.2) is 9.69 Å². The van der Waals surface area contributed by atoms with Crippen molar-refractivity contribution in [1.29, 1.82) is 0 Å². The fourth-order valence-electron chi connectivity index (χ4n) is 2.28. The molecule has 0 aliphatic carbocycles. The molecule has 2 N–H and O–H groups in total. The van der Waals surface area contributed by atoms with Gasteiger partial charge < -0.3 is 10.2 Å². The Hall–Kier alpha value is -0.920. The Labute approximate surface area is 131 Å². The summed E-state index contributed by atoms with van der Waals surface area (Å²) in [4.78, 5) is 27.6. The molecule has 1 aliphatic rings. The van der Waals surface area contributed by atoms with Crippen molar-refractivity contribution in [2.45, 2.75) is 32.4 Å². The highest BCUT2D eigenvalue weighted by molar-refractivity contribution is 9.11. The second-order valence-electron chi connectivity index (χ2n) is 5.05. The maximum Gasteiger partial charge on any atom is 0.329 e. The van der Waals surface area contributed by atoms with Crippen molar-refractivity contribution in [1.82, 2.24) is 10.2 Å². The minimum atomic E-state index is -0.337. The van der Waals surface area contributed by atoms with Crippen LogP contribution < -0.4 is 10.2 Å². The van der Waals surface area contributed by atoms with Gasteiger partial charge in [0.25, 0.3) is 5.91 Å². The van der Waals surface area contributed by atoms with Crippen LogP contribution in [0.25, 0.3) is 0 Å². The summed E-state index contributed by atoms with van der Waals surface area (Å²) in [6, 6.07) is 3.47. The summed E-state index contributed by atoms with van der Waals surface area (Å²) < 4.78 is 1.10. The SMILES string of the molecule is CCC[C@H]1NC(=O)N(C[NH+](C)Cc2ccc(Br)s2)C1=O. The Morgan fingerprint density at radius 2 is 2.20 bits per heavy atom. The Kier molecular flexibility index (Phi) is 5.17. The van der Waals surface area contributed by atoms with Crippen molar-refractivity contribution in [2.75, 3.05) is 13.7 Å². The number of thiophene rings is 1. The molecule has 1 fully saturated rings. The molecule has 3 amide bonds. The molecule has 110 valence electrons. The van der Waals surface area contributed by atoms with E-state index in [4.69, 9.17) is 0 Å². The van der Waals surface area contributed by atoms with E-state index < -0.39 is 0 Å². The molecule has 0 aromatic carbocycles. The summed E-state index contributed by atoms with van der Waals surface area (Å²) in [5.74, 6) is -0.0939. The molecule has 0 spiro atoms. The number of urea groups is 1. The molecule has 2 atom stereocenters. The minimum absolute atomic E-state index is 0.0939. The van der Waals surface area contributed by atoms with E-state index in [0.29, 0.717) is 13.1 Å². The molecule has 1 aliphatic heterocycles. The van der Waals surface area contributed by atoms with Crippen LogP contribution >= 0.6 is 27.3 Å². The topological polar surface area (TPSA) is 53.9 Å². The summed E-state index contributed by atoms with van der Waals surface area (Å²) in [6.07, 6.45) is 1.59. The third-order valence-electron chi connectivity index (χ3n) is 3.22. The van der Waals surface area contributed by atoms with E-state index in [9.17, 15) is 9.59 Å². The molecule has 2 heterocycles. The van der Waals surface area contributed by atoms with Crippen molar-refractivity contribution in [3.05, 3.63) is 20.8 Å². The van der Waals surface area contributed by atoms with E-state index in [1.165, 1.54) is 9.78 Å². The second kappa shape index (κ2) is 6.69. The molecule has 0 radical (unpaired) electrons. The standard InChI is InChI=1S/C13H18BrN3O2S/c1-3-4-10-12(18)17(13(19)15-10)8-16(2)7-9-5-6-11(14)20-9/h5-6,10H,3-4,7-8H2,1-2H3,(H,15,19)/p+1/t10-/m1/s1. The van der Waals surface area contributed by atoms with Crippen LogP contribution in [0.5, 0.6) is 0 Å². The summed E-state index contributed by atoms with van der Waals surface area (Å²) in [6.45, 7) is 3.21. The van der Waals surface area contributed by atoms with Crippen LogP contribution in [0.3, 0.4) is 0 Å². The lowest BCUT2D eigenvalue weighted by Crippen LogP contribution is -3.09. The first-order valence-electron chi connectivity index (χ1n) is 6.68. The van der Waals surface area contributed by atoms with Gasteiger partial charge in [-0.05, 0) is 34.5 Å². The first-order chi connectivity index (χ1) is 9.51. The number of halogens is 1. The van der Waals surface area contributed by atoms with E-state index in [0.717, 1.165) is 21.7 Å². The van der Waals surface area contributed by atoms with Crippen LogP contribution in [0.2, 0.25) is 0 Å². The Bertz CT molecular complexity index is 506. The van der Waals surface area contributed by atoms with Crippen LogP contribution in [0.4, 0.5) is 4.79 Å². The molecule has 1 aromatic rings. The van der Waals surface area contributed by atoms with Crippen molar-refractivity contribution in [3.63, 3.8) is 0 Å². The first kappa shape index (κ1) is 15.5. The number of amides is 3. The van der Waals surface area contributed by atoms with Crippen LogP contribution in [-0.4, -0.2) is 36.6 Å². The van der Waals surface area contributed by atoms with Gasteiger partial charge in [0.15, 0.2) is 6.67 Å². The van der Waals surface area contributed by atoms with Crippen LogP contribution in [0.15, 0.2) is 15.9 Å². The maximum absolute atomic E-state index is 12.1. The van der Waals surface area contributed by atoms with E-state index in [1.54, 1.807) is 11.3 Å². The predicted molar refractivity (Wildman–Crippen MR) is 81.6 cm³/mol. The van der Waals surface area contributed by atoms with Crippen molar-refractivity contribution in [2.24, 2.45) is 0 Å². The smallest absolute Gasteiger partial charge is 0.326 e. The Balaban J connectivity index is 1.92. The van der Waals surface area contributed by atoms with Gasteiger partial charge in [0.2, 0.25) is 0 Å².